The summed E-state index contributed by atoms with van der Waals surface area (Å²) in [5.74, 6) is -1.81. The van der Waals surface area contributed by atoms with Crippen molar-refractivity contribution in [3.63, 3.8) is 0 Å². The molecule has 0 aromatic heterocycles. The van der Waals surface area contributed by atoms with E-state index in [1.165, 1.54) is 19.6 Å². The van der Waals surface area contributed by atoms with Crippen molar-refractivity contribution in [1.82, 2.24) is 19.6 Å². The van der Waals surface area contributed by atoms with Crippen molar-refractivity contribution in [2.75, 3.05) is 0 Å². The minimum absolute atomic E-state index is 0. The Bertz CT molecular complexity index is 3640. The molecule has 4 aromatic rings. The SMILES string of the molecule is O=C1c2ccccc2C(=O)N1[C@H](C(O)OOC(OOC(OOC(O)[C@@H](N1C(=O)c2ccccc2C1=O)C12CC3CC(CC(C3)C1)C2)[C@@H](N1C(=O)c2ccccc2C1=O)C12CC3CC(CC(C3)C1)C2)[C@@H](N1C(=O)c2ccccc2C1=O)C12CC3CC(CC(C3)C1)C2)C12CC3CC(CC(C3)C1)C2.[Rh].[Rh]. The van der Waals surface area contributed by atoms with E-state index in [1.807, 2.05) is 0 Å². The summed E-state index contributed by atoms with van der Waals surface area (Å²) in [5.41, 5.74) is -1.96. The van der Waals surface area contributed by atoms with E-state index in [2.05, 4.69) is 0 Å². The number of hydrogen-bond donors (Lipinski definition) is 2. The van der Waals surface area contributed by atoms with Gasteiger partial charge in [0.05, 0.1) is 56.6 Å². The Labute approximate surface area is 617 Å². The second kappa shape index (κ2) is 25.0. The number of rotatable bonds is 21. The largest absolute Gasteiger partial charge is 0.364 e. The van der Waals surface area contributed by atoms with Gasteiger partial charge < -0.3 is 10.2 Å². The van der Waals surface area contributed by atoms with Crippen molar-refractivity contribution in [3.8, 4) is 0 Å². The molecule has 20 aliphatic rings. The van der Waals surface area contributed by atoms with Crippen LogP contribution < -0.4 is 0 Å². The van der Waals surface area contributed by atoms with E-state index in [9.17, 15) is 10.2 Å². The maximum Gasteiger partial charge on any atom is 0.262 e. The average molecular weight is 1570 g/mol. The van der Waals surface area contributed by atoms with E-state index >= 15 is 38.4 Å². The quantitative estimate of drug-likeness (QED) is 0.0259. The first-order chi connectivity index (χ1) is 48.4. The molecule has 2 radical (unpaired) electrons. The van der Waals surface area contributed by atoms with Crippen LogP contribution in [-0.4, -0.2) is 126 Å². The molecule has 16 aliphatic carbocycles. The summed E-state index contributed by atoms with van der Waals surface area (Å²) in [7, 11) is 0. The number of aliphatic hydroxyl groups is 2. The van der Waals surface area contributed by atoms with Gasteiger partial charge in [0.1, 0.15) is 12.1 Å². The number of hydrogen-bond acceptors (Lipinski definition) is 16. The number of amides is 8. The van der Waals surface area contributed by atoms with Gasteiger partial charge in [0.2, 0.25) is 25.2 Å². The summed E-state index contributed by atoms with van der Waals surface area (Å²) in [6, 6.07) is 21.2. The van der Waals surface area contributed by atoms with E-state index in [4.69, 9.17) is 29.3 Å². The van der Waals surface area contributed by atoms with Crippen LogP contribution in [0.15, 0.2) is 97.1 Å². The van der Waals surface area contributed by atoms with Crippen molar-refractivity contribution in [1.29, 1.82) is 0 Å². The minimum atomic E-state index is -2.05. The third-order valence-electron chi connectivity index (χ3n) is 29.1. The smallest absolute Gasteiger partial charge is 0.262 e. The molecule has 4 aliphatic heterocycles. The van der Waals surface area contributed by atoms with Crippen molar-refractivity contribution in [2.24, 2.45) is 92.7 Å². The number of aliphatic hydroxyl groups excluding tert-OH is 2. The van der Waals surface area contributed by atoms with Crippen LogP contribution in [0.2, 0.25) is 0 Å². The molecule has 20 nitrogen and oxygen atoms in total. The Hall–Kier alpha value is -5.63. The molecule has 102 heavy (non-hydrogen) atoms. The van der Waals surface area contributed by atoms with Gasteiger partial charge in [-0.3, -0.25) is 58.0 Å². The van der Waals surface area contributed by atoms with Gasteiger partial charge in [-0.2, -0.15) is 29.3 Å². The van der Waals surface area contributed by atoms with Crippen LogP contribution >= 0.6 is 0 Å². The first-order valence-electron chi connectivity index (χ1n) is 37.6. The molecule has 16 fully saturated rings. The van der Waals surface area contributed by atoms with E-state index in [1.54, 1.807) is 97.1 Å². The average Bonchev–Trinajstić information content (AvgIpc) is 1.34. The molecule has 8 amide bonds. The Morgan fingerprint density at radius 2 is 0.402 bits per heavy atom. The van der Waals surface area contributed by atoms with Gasteiger partial charge in [0.25, 0.3) is 47.3 Å². The Kier molecular flexibility index (Phi) is 16.7. The normalized spacial score (nSPS) is 37.9. The topological polar surface area (TPSA) is 245 Å². The fraction of sp³-hybridized carbons (Fsp3) is 0.600. The Balaban J connectivity index is 0.00000373. The summed E-state index contributed by atoms with van der Waals surface area (Å²) in [6.45, 7) is 0. The number of nitrogens with zero attached hydrogens (tertiary/aromatic N) is 4. The molecule has 4 unspecified atom stereocenters. The number of carbonyl (C=O) groups excluding carboxylic acids is 8. The van der Waals surface area contributed by atoms with Gasteiger partial charge in [0, 0.05) is 39.0 Å². The summed E-state index contributed by atoms with van der Waals surface area (Å²) >= 11 is 0. The molecular formula is C80H86N4O16Rh2. The first kappa shape index (κ1) is 68.2. The van der Waals surface area contributed by atoms with Gasteiger partial charge in [0.15, 0.2) is 0 Å². The zero-order valence-corrected chi connectivity index (χ0v) is 60.1. The number of carbonyl (C=O) groups is 8. The molecule has 0 spiro atoms. The van der Waals surface area contributed by atoms with Gasteiger partial charge in [-0.1, -0.05) is 48.5 Å². The first-order valence-corrected chi connectivity index (χ1v) is 37.6. The maximum absolute atomic E-state index is 15.6. The summed E-state index contributed by atoms with van der Waals surface area (Å²) in [5, 5.41) is 26.8. The molecule has 16 bridgehead atoms. The molecule has 0 saturated heterocycles. The molecule has 4 aromatic carbocycles. The molecule has 8 atom stereocenters. The fourth-order valence-corrected chi connectivity index (χ4v) is 27.5. The van der Waals surface area contributed by atoms with Gasteiger partial charge >= 0.3 is 0 Å². The van der Waals surface area contributed by atoms with Crippen LogP contribution in [0.25, 0.3) is 0 Å². The molecule has 540 valence electrons. The zero-order chi connectivity index (χ0) is 67.6. The van der Waals surface area contributed by atoms with Gasteiger partial charge in [-0.15, -0.1) is 0 Å². The molecule has 16 saturated carbocycles. The molecule has 4 heterocycles. The van der Waals surface area contributed by atoms with E-state index < -0.39 is 118 Å². The Morgan fingerprint density at radius 3 is 0.578 bits per heavy atom. The molecule has 2 N–H and O–H groups in total. The van der Waals surface area contributed by atoms with E-state index in [-0.39, 0.29) is 154 Å². The van der Waals surface area contributed by atoms with Crippen molar-refractivity contribution >= 4 is 47.3 Å². The number of imide groups is 4. The third-order valence-corrected chi connectivity index (χ3v) is 29.1. The third kappa shape index (κ3) is 10.4. The minimum Gasteiger partial charge on any atom is -0.364 e. The number of benzene rings is 4. The second-order valence-electron chi connectivity index (χ2n) is 35.1. The molecule has 22 heteroatoms. The van der Waals surface area contributed by atoms with Crippen molar-refractivity contribution in [3.05, 3.63) is 142 Å². The summed E-state index contributed by atoms with van der Waals surface area (Å²) in [4.78, 5) is 168. The monoisotopic (exact) mass is 1560 g/mol. The Morgan fingerprint density at radius 1 is 0.255 bits per heavy atom. The van der Waals surface area contributed by atoms with Crippen LogP contribution in [-0.2, 0) is 68.3 Å². The van der Waals surface area contributed by atoms with Gasteiger partial charge in [-0.05, 0) is 295 Å². The van der Waals surface area contributed by atoms with Crippen LogP contribution in [0, 0.1) is 92.7 Å². The second-order valence-corrected chi connectivity index (χ2v) is 35.1. The maximum atomic E-state index is 15.6. The summed E-state index contributed by atoms with van der Waals surface area (Å²) in [6.07, 6.45) is 10.7. The standard InChI is InChI=1S/C80H86N4O16.2Rh/c85-65-53-9-1-2-10-54(53)66(86)81(65)61(77-29-41-17-42(30-77)19-43(18-41)31-77)73(93)95-97-75(63(79-35-47-23-48(36-79)25-49(24-47)37-79)83-69(89)57-13-5-6-14-58(57)70(83)90)99-100-76(64(80-38-50-26-51(39-80)28-52(27-50)40-80)84-71(91)59-15-7-8-16-60(59)72(84)92)98-96-74(94)62(78-32-44-20-45(33-78)22-46(21-44)34-78)82-67(87)55-11-3-4-12-56(55)68(82)88;;/h1-16,41-52,61-64,73-76,93-94H,17-40H2;;/t41?,42?,43?,44?,45?,46?,47?,48?,49?,50?,51?,52?,61-,62-,63-,64-,73?,74?,75?,76?,77?,78?,79?,80?;;/m1../s1. The van der Waals surface area contributed by atoms with Crippen molar-refractivity contribution in [2.45, 2.75) is 203 Å². The van der Waals surface area contributed by atoms with E-state index in [0.717, 1.165) is 77.0 Å². The van der Waals surface area contributed by atoms with Crippen LogP contribution in [0.4, 0.5) is 0 Å². The molecule has 24 rings (SSSR count). The van der Waals surface area contributed by atoms with Gasteiger partial charge in [-0.25, -0.2) is 0 Å². The van der Waals surface area contributed by atoms with Crippen LogP contribution in [0.5, 0.6) is 0 Å². The number of fused-ring (bicyclic) bond motifs is 4. The van der Waals surface area contributed by atoms with Crippen LogP contribution in [0.3, 0.4) is 0 Å². The molecular weight excluding hydrogens is 1480 g/mol. The predicted molar refractivity (Wildman–Crippen MR) is 351 cm³/mol. The van der Waals surface area contributed by atoms with Crippen LogP contribution in [0.1, 0.15) is 237 Å². The van der Waals surface area contributed by atoms with E-state index in [0.29, 0.717) is 77.0 Å². The fourth-order valence-electron chi connectivity index (χ4n) is 27.5. The predicted octanol–water partition coefficient (Wildman–Crippen LogP) is 11.6. The van der Waals surface area contributed by atoms with Crippen molar-refractivity contribution < 1.29 is 117 Å². The zero-order valence-electron chi connectivity index (χ0n) is 56.8. The summed E-state index contributed by atoms with van der Waals surface area (Å²) < 4.78 is 0.